The fourth-order valence-corrected chi connectivity index (χ4v) is 6.94. The zero-order chi connectivity index (χ0) is 19.7. The van der Waals surface area contributed by atoms with Gasteiger partial charge in [-0.2, -0.15) is 4.31 Å². The van der Waals surface area contributed by atoms with Crippen LogP contribution in [0.5, 0.6) is 0 Å². The Hall–Kier alpha value is -1.26. The van der Waals surface area contributed by atoms with Gasteiger partial charge in [-0.15, -0.1) is 11.3 Å². The highest BCUT2D eigenvalue weighted by atomic mass is 79.9. The molecule has 0 saturated carbocycles. The average Bonchev–Trinajstić information content (AvgIpc) is 3.40. The van der Waals surface area contributed by atoms with E-state index in [4.69, 9.17) is 4.74 Å². The summed E-state index contributed by atoms with van der Waals surface area (Å²) >= 11 is 5.00. The quantitative estimate of drug-likeness (QED) is 0.665. The van der Waals surface area contributed by atoms with E-state index >= 15 is 0 Å². The first-order valence-electron chi connectivity index (χ1n) is 9.20. The maximum Gasteiger partial charge on any atom is 0.254 e. The lowest BCUT2D eigenvalue weighted by Gasteiger charge is -2.27. The first kappa shape index (κ1) is 20.0. The fourth-order valence-electron chi connectivity index (χ4n) is 3.71. The van der Waals surface area contributed by atoms with Crippen LogP contribution in [0.3, 0.4) is 0 Å². The first-order valence-corrected chi connectivity index (χ1v) is 12.3. The molecule has 0 radical (unpaired) electrons. The van der Waals surface area contributed by atoms with Crippen molar-refractivity contribution in [1.29, 1.82) is 0 Å². The highest BCUT2D eigenvalue weighted by Gasteiger charge is 2.33. The van der Waals surface area contributed by atoms with E-state index in [1.165, 1.54) is 15.2 Å². The number of morpholine rings is 1. The summed E-state index contributed by atoms with van der Waals surface area (Å²) in [6, 6.07) is 8.95. The normalized spacial score (nSPS) is 21.2. The number of amides is 1. The molecule has 150 valence electrons. The number of ether oxygens (including phenoxy) is 1. The van der Waals surface area contributed by atoms with Crippen molar-refractivity contribution in [3.05, 3.63) is 50.6 Å². The molecule has 28 heavy (non-hydrogen) atoms. The third kappa shape index (κ3) is 3.78. The molecule has 1 unspecified atom stereocenters. The molecule has 4 rings (SSSR count). The van der Waals surface area contributed by atoms with Gasteiger partial charge in [-0.25, -0.2) is 8.42 Å². The number of rotatable bonds is 4. The Morgan fingerprint density at radius 3 is 2.68 bits per heavy atom. The minimum Gasteiger partial charge on any atom is -0.379 e. The lowest BCUT2D eigenvalue weighted by atomic mass is 10.1. The van der Waals surface area contributed by atoms with Crippen LogP contribution in [0.4, 0.5) is 0 Å². The van der Waals surface area contributed by atoms with Crippen LogP contribution in [0.25, 0.3) is 0 Å². The molecule has 1 atom stereocenters. The summed E-state index contributed by atoms with van der Waals surface area (Å²) in [4.78, 5) is 16.4. The van der Waals surface area contributed by atoms with Gasteiger partial charge in [0, 0.05) is 34.5 Å². The van der Waals surface area contributed by atoms with Crippen LogP contribution in [-0.4, -0.2) is 56.4 Å². The van der Waals surface area contributed by atoms with E-state index < -0.39 is 10.0 Å². The van der Waals surface area contributed by atoms with Crippen LogP contribution < -0.4 is 0 Å². The second-order valence-corrected chi connectivity index (χ2v) is 10.6. The standard InChI is InChI=1S/C19H21BrN2O4S2/c20-15-6-5-14(13-18(15)28(24,25)21-8-10-26-11-9-21)19(23)22-7-1-3-16(22)17-4-2-12-27-17/h2,4-6,12-13,16H,1,3,7-11H2. The van der Waals surface area contributed by atoms with Gasteiger partial charge >= 0.3 is 0 Å². The Morgan fingerprint density at radius 1 is 1.18 bits per heavy atom. The van der Waals surface area contributed by atoms with Crippen molar-refractivity contribution in [3.8, 4) is 0 Å². The molecule has 2 aliphatic heterocycles. The van der Waals surface area contributed by atoms with Gasteiger partial charge in [0.1, 0.15) is 0 Å². The number of nitrogens with zero attached hydrogens (tertiary/aromatic N) is 2. The van der Waals surface area contributed by atoms with Crippen molar-refractivity contribution in [1.82, 2.24) is 9.21 Å². The van der Waals surface area contributed by atoms with Crippen LogP contribution in [0.2, 0.25) is 0 Å². The highest BCUT2D eigenvalue weighted by Crippen LogP contribution is 2.36. The minimum atomic E-state index is -3.69. The Morgan fingerprint density at radius 2 is 1.96 bits per heavy atom. The van der Waals surface area contributed by atoms with E-state index in [2.05, 4.69) is 22.0 Å². The molecule has 1 amide bonds. The van der Waals surface area contributed by atoms with Gasteiger partial charge in [-0.1, -0.05) is 6.07 Å². The predicted molar refractivity (Wildman–Crippen MR) is 111 cm³/mol. The van der Waals surface area contributed by atoms with Crippen molar-refractivity contribution < 1.29 is 17.9 Å². The van der Waals surface area contributed by atoms with E-state index in [-0.39, 0.29) is 16.8 Å². The summed E-state index contributed by atoms with van der Waals surface area (Å²) in [5, 5.41) is 2.02. The Labute approximate surface area is 177 Å². The molecule has 0 N–H and O–H groups in total. The van der Waals surface area contributed by atoms with Crippen LogP contribution in [0.15, 0.2) is 45.1 Å². The van der Waals surface area contributed by atoms with Gasteiger partial charge in [0.05, 0.1) is 24.2 Å². The van der Waals surface area contributed by atoms with Gasteiger partial charge in [-0.05, 0) is 58.4 Å². The third-order valence-corrected chi connectivity index (χ3v) is 9.02. The molecule has 9 heteroatoms. The number of thiophene rings is 1. The fraction of sp³-hybridized carbons (Fsp3) is 0.421. The number of benzene rings is 1. The Bertz CT molecular complexity index is 956. The minimum absolute atomic E-state index is 0.0652. The Balaban J connectivity index is 1.64. The van der Waals surface area contributed by atoms with Crippen LogP contribution in [0, 0.1) is 0 Å². The molecule has 2 aromatic rings. The Kier molecular flexibility index (Phi) is 5.89. The molecule has 2 saturated heterocycles. The molecule has 2 aliphatic rings. The highest BCUT2D eigenvalue weighted by molar-refractivity contribution is 9.10. The summed E-state index contributed by atoms with van der Waals surface area (Å²) in [6.45, 7) is 2.08. The number of likely N-dealkylation sites (tertiary alicyclic amines) is 1. The molecule has 1 aromatic heterocycles. The zero-order valence-corrected chi connectivity index (χ0v) is 18.4. The van der Waals surface area contributed by atoms with Crippen molar-refractivity contribution in [2.24, 2.45) is 0 Å². The lowest BCUT2D eigenvalue weighted by Crippen LogP contribution is -2.40. The van der Waals surface area contributed by atoms with Crippen molar-refractivity contribution in [2.75, 3.05) is 32.8 Å². The summed E-state index contributed by atoms with van der Waals surface area (Å²) in [5.41, 5.74) is 0.401. The second-order valence-electron chi connectivity index (χ2n) is 6.83. The van der Waals surface area contributed by atoms with Gasteiger partial charge in [-0.3, -0.25) is 4.79 Å². The van der Waals surface area contributed by atoms with Crippen molar-refractivity contribution in [2.45, 2.75) is 23.8 Å². The summed E-state index contributed by atoms with van der Waals surface area (Å²) in [7, 11) is -3.69. The second kappa shape index (κ2) is 8.23. The topological polar surface area (TPSA) is 66.9 Å². The summed E-state index contributed by atoms with van der Waals surface area (Å²) in [5.74, 6) is -0.123. The molecular formula is C19H21BrN2O4S2. The van der Waals surface area contributed by atoms with E-state index in [1.807, 2.05) is 16.3 Å². The summed E-state index contributed by atoms with van der Waals surface area (Å²) in [6.07, 6.45) is 1.88. The van der Waals surface area contributed by atoms with Crippen molar-refractivity contribution >= 4 is 43.2 Å². The number of carbonyl (C=O) groups excluding carboxylic acids is 1. The van der Waals surface area contributed by atoms with E-state index in [1.54, 1.807) is 23.5 Å². The lowest BCUT2D eigenvalue weighted by molar-refractivity contribution is 0.0728. The van der Waals surface area contributed by atoms with Gasteiger partial charge < -0.3 is 9.64 Å². The van der Waals surface area contributed by atoms with Gasteiger partial charge in [0.25, 0.3) is 5.91 Å². The smallest absolute Gasteiger partial charge is 0.254 e. The number of sulfonamides is 1. The maximum absolute atomic E-state index is 13.2. The molecule has 0 aliphatic carbocycles. The maximum atomic E-state index is 13.2. The SMILES string of the molecule is O=C(c1ccc(Br)c(S(=O)(=O)N2CCOCC2)c1)N1CCCC1c1cccs1. The number of hydrogen-bond acceptors (Lipinski definition) is 5. The monoisotopic (exact) mass is 484 g/mol. The molecule has 1 aromatic carbocycles. The van der Waals surface area contributed by atoms with Crippen LogP contribution in [-0.2, 0) is 14.8 Å². The molecule has 3 heterocycles. The molecular weight excluding hydrogens is 464 g/mol. The van der Waals surface area contributed by atoms with E-state index in [9.17, 15) is 13.2 Å². The third-order valence-electron chi connectivity index (χ3n) is 5.15. The molecule has 6 nitrogen and oxygen atoms in total. The van der Waals surface area contributed by atoms with Crippen molar-refractivity contribution in [3.63, 3.8) is 0 Å². The zero-order valence-electron chi connectivity index (χ0n) is 15.2. The average molecular weight is 485 g/mol. The number of hydrogen-bond donors (Lipinski definition) is 0. The van der Waals surface area contributed by atoms with E-state index in [0.717, 1.165) is 12.8 Å². The van der Waals surface area contributed by atoms with Gasteiger partial charge in [0.15, 0.2) is 0 Å². The van der Waals surface area contributed by atoms with Crippen LogP contribution >= 0.6 is 27.3 Å². The molecule has 0 spiro atoms. The first-order chi connectivity index (χ1) is 13.5. The van der Waals surface area contributed by atoms with E-state index in [0.29, 0.717) is 42.9 Å². The molecule has 0 bridgehead atoms. The predicted octanol–water partition coefficient (Wildman–Crippen LogP) is 3.51. The number of carbonyl (C=O) groups is 1. The largest absolute Gasteiger partial charge is 0.379 e. The summed E-state index contributed by atoms with van der Waals surface area (Å²) < 4.78 is 33.3. The van der Waals surface area contributed by atoms with Crippen LogP contribution in [0.1, 0.15) is 34.1 Å². The number of halogens is 1. The van der Waals surface area contributed by atoms with Gasteiger partial charge in [0.2, 0.25) is 10.0 Å². The molecule has 2 fully saturated rings.